The molecule has 0 aliphatic rings. The average Bonchev–Trinajstić information content (AvgIpc) is 2.95. The normalized spacial score (nSPS) is 10.7. The van der Waals surface area contributed by atoms with Gasteiger partial charge in [-0.05, 0) is 68.4 Å². The Bertz CT molecular complexity index is 992. The van der Waals surface area contributed by atoms with Crippen LogP contribution in [-0.2, 0) is 4.74 Å². The molecule has 6 heteroatoms. The molecule has 0 saturated carbocycles. The van der Waals surface area contributed by atoms with Crippen molar-refractivity contribution in [1.82, 2.24) is 4.57 Å². The molecule has 0 saturated heterocycles. The zero-order chi connectivity index (χ0) is 19.6. The van der Waals surface area contributed by atoms with Crippen molar-refractivity contribution in [2.45, 2.75) is 13.8 Å². The number of hydrogen-bond acceptors (Lipinski definition) is 3. The summed E-state index contributed by atoms with van der Waals surface area (Å²) in [5.74, 6) is -1.43. The van der Waals surface area contributed by atoms with Crippen molar-refractivity contribution >= 4 is 23.4 Å². The fourth-order valence-electron chi connectivity index (χ4n) is 2.91. The van der Waals surface area contributed by atoms with E-state index in [1.54, 1.807) is 18.2 Å². The van der Waals surface area contributed by atoms with Gasteiger partial charge in [-0.2, -0.15) is 0 Å². The van der Waals surface area contributed by atoms with Crippen LogP contribution in [0.5, 0.6) is 0 Å². The van der Waals surface area contributed by atoms with Gasteiger partial charge in [0.25, 0.3) is 0 Å². The summed E-state index contributed by atoms with van der Waals surface area (Å²) in [6.07, 6.45) is 0. The van der Waals surface area contributed by atoms with Gasteiger partial charge in [0.2, 0.25) is 5.78 Å². The Morgan fingerprint density at radius 1 is 1.04 bits per heavy atom. The third kappa shape index (κ3) is 4.09. The van der Waals surface area contributed by atoms with Crippen LogP contribution in [0.15, 0.2) is 54.6 Å². The number of esters is 1. The Kier molecular flexibility index (Phi) is 5.42. The minimum absolute atomic E-state index is 0.191. The molecule has 0 amide bonds. The standard InChI is InChI=1S/C21H17ClFNO3/c1-13-11-19(14(2)24(13)18-9-5-16(22)6-10-18)20(25)12-27-21(26)15-3-7-17(23)8-4-15/h3-11H,12H2,1-2H3. The Balaban J connectivity index is 1.75. The second-order valence-electron chi connectivity index (χ2n) is 6.10. The van der Waals surface area contributed by atoms with Gasteiger partial charge in [-0.15, -0.1) is 0 Å². The fraction of sp³-hybridized carbons (Fsp3) is 0.143. The number of benzene rings is 2. The summed E-state index contributed by atoms with van der Waals surface area (Å²) in [6, 6.07) is 14.0. The smallest absolute Gasteiger partial charge is 0.338 e. The summed E-state index contributed by atoms with van der Waals surface area (Å²) in [5, 5.41) is 0.630. The Labute approximate surface area is 161 Å². The quantitative estimate of drug-likeness (QED) is 0.462. The zero-order valence-corrected chi connectivity index (χ0v) is 15.6. The highest BCUT2D eigenvalue weighted by Gasteiger charge is 2.18. The minimum Gasteiger partial charge on any atom is -0.454 e. The summed E-state index contributed by atoms with van der Waals surface area (Å²) < 4.78 is 19.9. The van der Waals surface area contributed by atoms with Crippen LogP contribution in [0.2, 0.25) is 5.02 Å². The second kappa shape index (κ2) is 7.76. The lowest BCUT2D eigenvalue weighted by Gasteiger charge is -2.10. The summed E-state index contributed by atoms with van der Waals surface area (Å²) in [7, 11) is 0. The molecule has 27 heavy (non-hydrogen) atoms. The largest absolute Gasteiger partial charge is 0.454 e. The molecule has 0 bridgehead atoms. The van der Waals surface area contributed by atoms with Crippen LogP contribution in [0, 0.1) is 19.7 Å². The SMILES string of the molecule is Cc1cc(C(=O)COC(=O)c2ccc(F)cc2)c(C)n1-c1ccc(Cl)cc1. The third-order valence-corrected chi connectivity index (χ3v) is 4.48. The number of rotatable bonds is 5. The lowest BCUT2D eigenvalue weighted by atomic mass is 10.1. The average molecular weight is 386 g/mol. The van der Waals surface area contributed by atoms with E-state index >= 15 is 0 Å². The molecular formula is C21H17ClFNO3. The molecule has 0 N–H and O–H groups in total. The van der Waals surface area contributed by atoms with Crippen LogP contribution in [-0.4, -0.2) is 22.9 Å². The van der Waals surface area contributed by atoms with Crippen molar-refractivity contribution in [3.8, 4) is 5.69 Å². The first kappa shape index (κ1) is 18.9. The van der Waals surface area contributed by atoms with Crippen LogP contribution in [0.3, 0.4) is 0 Å². The summed E-state index contributed by atoms with van der Waals surface area (Å²) >= 11 is 5.93. The van der Waals surface area contributed by atoms with Crippen LogP contribution < -0.4 is 0 Å². The van der Waals surface area contributed by atoms with Crippen molar-refractivity contribution in [2.75, 3.05) is 6.61 Å². The first-order valence-corrected chi connectivity index (χ1v) is 8.65. The Hall–Kier alpha value is -2.92. The molecule has 0 atom stereocenters. The van der Waals surface area contributed by atoms with Gasteiger partial charge in [0.15, 0.2) is 6.61 Å². The third-order valence-electron chi connectivity index (χ3n) is 4.23. The number of hydrogen-bond donors (Lipinski definition) is 0. The maximum atomic E-state index is 12.9. The Morgan fingerprint density at radius 3 is 2.30 bits per heavy atom. The van der Waals surface area contributed by atoms with Crippen LogP contribution >= 0.6 is 11.6 Å². The van der Waals surface area contributed by atoms with E-state index in [-0.39, 0.29) is 18.0 Å². The van der Waals surface area contributed by atoms with Gasteiger partial charge in [0.1, 0.15) is 5.82 Å². The molecule has 3 aromatic rings. The van der Waals surface area contributed by atoms with Crippen LogP contribution in [0.1, 0.15) is 32.1 Å². The molecule has 0 fully saturated rings. The number of Topliss-reactive ketones (excluding diaryl/α,β-unsaturated/α-hetero) is 1. The maximum absolute atomic E-state index is 12.9. The number of ether oxygens (including phenoxy) is 1. The molecule has 3 rings (SSSR count). The predicted molar refractivity (Wildman–Crippen MR) is 101 cm³/mol. The summed E-state index contributed by atoms with van der Waals surface area (Å²) in [5.41, 5.74) is 3.18. The number of aromatic nitrogens is 1. The zero-order valence-electron chi connectivity index (χ0n) is 14.8. The van der Waals surface area contributed by atoms with Crippen molar-refractivity contribution in [3.63, 3.8) is 0 Å². The van der Waals surface area contributed by atoms with Gasteiger partial charge in [0.05, 0.1) is 5.56 Å². The molecule has 0 spiro atoms. The summed E-state index contributed by atoms with van der Waals surface area (Å²) in [4.78, 5) is 24.5. The molecule has 0 aliphatic carbocycles. The lowest BCUT2D eigenvalue weighted by Crippen LogP contribution is -2.15. The topological polar surface area (TPSA) is 48.3 Å². The first-order chi connectivity index (χ1) is 12.9. The lowest BCUT2D eigenvalue weighted by molar-refractivity contribution is 0.0474. The van der Waals surface area contributed by atoms with E-state index in [9.17, 15) is 14.0 Å². The van der Waals surface area contributed by atoms with Gasteiger partial charge >= 0.3 is 5.97 Å². The van der Waals surface area contributed by atoms with Gasteiger partial charge in [-0.1, -0.05) is 11.6 Å². The molecule has 0 radical (unpaired) electrons. The molecule has 0 aliphatic heterocycles. The molecule has 1 aromatic heterocycles. The van der Waals surface area contributed by atoms with Crippen LogP contribution in [0.4, 0.5) is 4.39 Å². The summed E-state index contributed by atoms with van der Waals surface area (Å²) in [6.45, 7) is 3.33. The van der Waals surface area contributed by atoms with Gasteiger partial charge in [-0.25, -0.2) is 9.18 Å². The van der Waals surface area contributed by atoms with Gasteiger partial charge in [-0.3, -0.25) is 4.79 Å². The molecule has 0 unspecified atom stereocenters. The Morgan fingerprint density at radius 2 is 1.67 bits per heavy atom. The highest BCUT2D eigenvalue weighted by molar-refractivity contribution is 6.30. The number of nitrogens with zero attached hydrogens (tertiary/aromatic N) is 1. The van der Waals surface area contributed by atoms with E-state index < -0.39 is 11.8 Å². The van der Waals surface area contributed by atoms with E-state index in [1.807, 2.05) is 30.5 Å². The van der Waals surface area contributed by atoms with Crippen molar-refractivity contribution in [1.29, 1.82) is 0 Å². The number of aryl methyl sites for hydroxylation is 1. The molecule has 4 nitrogen and oxygen atoms in total. The van der Waals surface area contributed by atoms with Gasteiger partial charge in [0, 0.05) is 27.7 Å². The van der Waals surface area contributed by atoms with E-state index in [0.29, 0.717) is 10.6 Å². The number of carbonyl (C=O) groups is 2. The number of halogens is 2. The van der Waals surface area contributed by atoms with E-state index in [4.69, 9.17) is 16.3 Å². The minimum atomic E-state index is -0.671. The molecule has 138 valence electrons. The van der Waals surface area contributed by atoms with E-state index in [1.165, 1.54) is 12.1 Å². The predicted octanol–water partition coefficient (Wildman–Crippen LogP) is 4.93. The number of ketones is 1. The highest BCUT2D eigenvalue weighted by Crippen LogP contribution is 2.22. The van der Waals surface area contributed by atoms with Crippen LogP contribution in [0.25, 0.3) is 5.69 Å². The fourth-order valence-corrected chi connectivity index (χ4v) is 3.04. The maximum Gasteiger partial charge on any atom is 0.338 e. The van der Waals surface area contributed by atoms with Gasteiger partial charge < -0.3 is 9.30 Å². The first-order valence-electron chi connectivity index (χ1n) is 8.27. The number of carbonyl (C=O) groups excluding carboxylic acids is 2. The highest BCUT2D eigenvalue weighted by atomic mass is 35.5. The second-order valence-corrected chi connectivity index (χ2v) is 6.54. The molecule has 1 heterocycles. The van der Waals surface area contributed by atoms with Crippen molar-refractivity contribution < 1.29 is 18.7 Å². The van der Waals surface area contributed by atoms with E-state index in [2.05, 4.69) is 0 Å². The van der Waals surface area contributed by atoms with Crippen molar-refractivity contribution in [2.24, 2.45) is 0 Å². The monoisotopic (exact) mass is 385 g/mol. The van der Waals surface area contributed by atoms with Crippen molar-refractivity contribution in [3.05, 3.63) is 88.0 Å². The van der Waals surface area contributed by atoms with E-state index in [0.717, 1.165) is 29.2 Å². The molecular weight excluding hydrogens is 369 g/mol. The molecule has 2 aromatic carbocycles.